The first-order chi connectivity index (χ1) is 9.30. The fourth-order valence-electron chi connectivity index (χ4n) is 2.95. The topological polar surface area (TPSA) is 15.3 Å². The van der Waals surface area contributed by atoms with Gasteiger partial charge in [-0.25, -0.2) is 0 Å². The number of nitrogens with zero attached hydrogens (tertiary/aromatic N) is 1. The molecule has 2 nitrogen and oxygen atoms in total. The van der Waals surface area contributed by atoms with Crippen LogP contribution in [0.5, 0.6) is 0 Å². The zero-order chi connectivity index (χ0) is 14.3. The number of hydrogen-bond acceptors (Lipinski definition) is 2. The highest BCUT2D eigenvalue weighted by Crippen LogP contribution is 2.43. The molecule has 2 heteroatoms. The molecule has 0 aliphatic carbocycles. The number of hydrogen-bond donors (Lipinski definition) is 1. The lowest BCUT2D eigenvalue weighted by atomic mass is 9.74. The predicted octanol–water partition coefficient (Wildman–Crippen LogP) is 4.13. The SMILES string of the molecule is CC.CC.CN1CCC2(CC1)CNc1ccccc12. The third-order valence-corrected chi connectivity index (χ3v) is 4.06. The summed E-state index contributed by atoms with van der Waals surface area (Å²) in [5.41, 5.74) is 3.35. The second-order valence-electron chi connectivity index (χ2n) is 4.98. The average Bonchev–Trinajstić information content (AvgIpc) is 2.86. The van der Waals surface area contributed by atoms with Crippen molar-refractivity contribution < 1.29 is 0 Å². The number of rotatable bonds is 0. The molecule has 1 aromatic carbocycles. The molecular weight excluding hydrogens is 232 g/mol. The van der Waals surface area contributed by atoms with Gasteiger partial charge in [0.05, 0.1) is 0 Å². The Kier molecular flexibility index (Phi) is 6.36. The van der Waals surface area contributed by atoms with Crippen LogP contribution in [0.25, 0.3) is 0 Å². The van der Waals surface area contributed by atoms with E-state index in [1.165, 1.54) is 31.6 Å². The molecule has 0 saturated carbocycles. The molecule has 0 atom stereocenters. The zero-order valence-corrected chi connectivity index (χ0v) is 13.3. The highest BCUT2D eigenvalue weighted by molar-refractivity contribution is 5.60. The van der Waals surface area contributed by atoms with Gasteiger partial charge in [-0.3, -0.25) is 0 Å². The van der Waals surface area contributed by atoms with Gasteiger partial charge in [0.2, 0.25) is 0 Å². The van der Waals surface area contributed by atoms with Crippen molar-refractivity contribution in [1.82, 2.24) is 4.90 Å². The van der Waals surface area contributed by atoms with Gasteiger partial charge in [-0.1, -0.05) is 45.9 Å². The quantitative estimate of drug-likeness (QED) is 0.756. The van der Waals surface area contributed by atoms with Crippen LogP contribution in [-0.2, 0) is 5.41 Å². The van der Waals surface area contributed by atoms with E-state index in [1.54, 1.807) is 5.56 Å². The monoisotopic (exact) mass is 262 g/mol. The summed E-state index contributed by atoms with van der Waals surface area (Å²) in [6.07, 6.45) is 2.60. The summed E-state index contributed by atoms with van der Waals surface area (Å²) < 4.78 is 0. The molecule has 2 aliphatic heterocycles. The fraction of sp³-hybridized carbons (Fsp3) is 0.647. The number of benzene rings is 1. The van der Waals surface area contributed by atoms with Gasteiger partial charge < -0.3 is 10.2 Å². The Hall–Kier alpha value is -1.02. The molecule has 0 radical (unpaired) electrons. The van der Waals surface area contributed by atoms with Crippen molar-refractivity contribution in [3.8, 4) is 0 Å². The fourth-order valence-corrected chi connectivity index (χ4v) is 2.95. The first-order valence-corrected chi connectivity index (χ1v) is 7.82. The largest absolute Gasteiger partial charge is 0.384 e. The number of nitrogens with one attached hydrogen (secondary N) is 1. The van der Waals surface area contributed by atoms with E-state index >= 15 is 0 Å². The smallest absolute Gasteiger partial charge is 0.0379 e. The molecule has 0 amide bonds. The summed E-state index contributed by atoms with van der Waals surface area (Å²) in [7, 11) is 2.22. The van der Waals surface area contributed by atoms with Crippen LogP contribution in [0.3, 0.4) is 0 Å². The Morgan fingerprint density at radius 3 is 2.21 bits per heavy atom. The highest BCUT2D eigenvalue weighted by Gasteiger charge is 2.40. The maximum absolute atomic E-state index is 3.56. The van der Waals surface area contributed by atoms with Crippen LogP contribution in [0, 0.1) is 0 Å². The summed E-state index contributed by atoms with van der Waals surface area (Å²) in [5, 5.41) is 3.56. The molecular formula is C17H30N2. The van der Waals surface area contributed by atoms with Crippen molar-refractivity contribution in [3.63, 3.8) is 0 Å². The van der Waals surface area contributed by atoms with Crippen LogP contribution in [0.4, 0.5) is 5.69 Å². The van der Waals surface area contributed by atoms with E-state index in [1.807, 2.05) is 27.7 Å². The molecule has 3 rings (SSSR count). The molecule has 0 bridgehead atoms. The molecule has 0 unspecified atom stereocenters. The normalized spacial score (nSPS) is 19.4. The van der Waals surface area contributed by atoms with Crippen molar-refractivity contribution in [2.45, 2.75) is 46.0 Å². The van der Waals surface area contributed by atoms with Gasteiger partial charge in [0.25, 0.3) is 0 Å². The lowest BCUT2D eigenvalue weighted by Gasteiger charge is -2.37. The van der Waals surface area contributed by atoms with E-state index in [-0.39, 0.29) is 0 Å². The summed E-state index contributed by atoms with van der Waals surface area (Å²) >= 11 is 0. The van der Waals surface area contributed by atoms with Gasteiger partial charge in [-0.05, 0) is 44.6 Å². The Bertz CT molecular complexity index is 365. The Labute approximate surface area is 119 Å². The first kappa shape index (κ1) is 16.0. The Balaban J connectivity index is 0.000000415. The number of piperidine rings is 1. The lowest BCUT2D eigenvalue weighted by molar-refractivity contribution is 0.200. The summed E-state index contributed by atoms with van der Waals surface area (Å²) in [5.74, 6) is 0. The van der Waals surface area contributed by atoms with Crippen molar-refractivity contribution in [1.29, 1.82) is 0 Å². The van der Waals surface area contributed by atoms with Crippen LogP contribution in [0.1, 0.15) is 46.1 Å². The minimum Gasteiger partial charge on any atom is -0.384 e. The van der Waals surface area contributed by atoms with Crippen LogP contribution < -0.4 is 5.32 Å². The molecule has 2 heterocycles. The van der Waals surface area contributed by atoms with E-state index < -0.39 is 0 Å². The number of fused-ring (bicyclic) bond motifs is 2. The molecule has 1 aromatic rings. The average molecular weight is 262 g/mol. The highest BCUT2D eigenvalue weighted by atomic mass is 15.1. The molecule has 0 aromatic heterocycles. The third-order valence-electron chi connectivity index (χ3n) is 4.06. The van der Waals surface area contributed by atoms with Crippen LogP contribution in [0.2, 0.25) is 0 Å². The van der Waals surface area contributed by atoms with Gasteiger partial charge in [0, 0.05) is 17.6 Å². The molecule has 19 heavy (non-hydrogen) atoms. The molecule has 1 saturated heterocycles. The number of anilines is 1. The van der Waals surface area contributed by atoms with Crippen LogP contribution in [0.15, 0.2) is 24.3 Å². The predicted molar refractivity (Wildman–Crippen MR) is 86.0 cm³/mol. The van der Waals surface area contributed by atoms with Gasteiger partial charge in [-0.2, -0.15) is 0 Å². The van der Waals surface area contributed by atoms with E-state index in [9.17, 15) is 0 Å². The maximum atomic E-state index is 3.56. The summed E-state index contributed by atoms with van der Waals surface area (Å²) in [4.78, 5) is 2.44. The Morgan fingerprint density at radius 1 is 1.00 bits per heavy atom. The Morgan fingerprint density at radius 2 is 1.58 bits per heavy atom. The molecule has 2 aliphatic rings. The van der Waals surface area contributed by atoms with E-state index in [0.717, 1.165) is 6.54 Å². The maximum Gasteiger partial charge on any atom is 0.0379 e. The van der Waals surface area contributed by atoms with Crippen molar-refractivity contribution in [2.24, 2.45) is 0 Å². The molecule has 1 fully saturated rings. The van der Waals surface area contributed by atoms with Gasteiger partial charge >= 0.3 is 0 Å². The summed E-state index contributed by atoms with van der Waals surface area (Å²) in [6.45, 7) is 11.6. The van der Waals surface area contributed by atoms with Gasteiger partial charge in [0.15, 0.2) is 0 Å². The van der Waals surface area contributed by atoms with Crippen molar-refractivity contribution in [2.75, 3.05) is 32.0 Å². The van der Waals surface area contributed by atoms with Gasteiger partial charge in [-0.15, -0.1) is 0 Å². The second kappa shape index (κ2) is 7.54. The first-order valence-electron chi connectivity index (χ1n) is 7.82. The standard InChI is InChI=1S/C13H18N2.2C2H6/c1-15-8-6-13(7-9-15)10-14-12-5-3-2-4-11(12)13;2*1-2/h2-5,14H,6-10H2,1H3;2*1-2H3. The molecule has 1 spiro atoms. The van der Waals surface area contributed by atoms with Crippen LogP contribution >= 0.6 is 0 Å². The zero-order valence-electron chi connectivity index (χ0n) is 13.3. The molecule has 1 N–H and O–H groups in total. The van der Waals surface area contributed by atoms with Gasteiger partial charge in [0.1, 0.15) is 0 Å². The molecule has 108 valence electrons. The van der Waals surface area contributed by atoms with Crippen molar-refractivity contribution >= 4 is 5.69 Å². The lowest BCUT2D eigenvalue weighted by Crippen LogP contribution is -2.42. The second-order valence-corrected chi connectivity index (χ2v) is 4.98. The number of likely N-dealkylation sites (tertiary alicyclic amines) is 1. The van der Waals surface area contributed by atoms with E-state index in [0.29, 0.717) is 5.41 Å². The van der Waals surface area contributed by atoms with E-state index in [2.05, 4.69) is 41.5 Å². The minimum absolute atomic E-state index is 0.434. The number of para-hydroxylation sites is 1. The minimum atomic E-state index is 0.434. The summed E-state index contributed by atoms with van der Waals surface area (Å²) in [6, 6.07) is 8.81. The van der Waals surface area contributed by atoms with E-state index in [4.69, 9.17) is 0 Å². The van der Waals surface area contributed by atoms with Crippen LogP contribution in [-0.4, -0.2) is 31.6 Å². The third kappa shape index (κ3) is 3.30. The van der Waals surface area contributed by atoms with Crippen molar-refractivity contribution in [3.05, 3.63) is 29.8 Å².